The Balaban J connectivity index is 2.13. The summed E-state index contributed by atoms with van der Waals surface area (Å²) in [5.41, 5.74) is 1.87. The molecule has 1 aromatic heterocycles. The molecule has 0 saturated carbocycles. The van der Waals surface area contributed by atoms with Gasteiger partial charge >= 0.3 is 5.97 Å². The van der Waals surface area contributed by atoms with Gasteiger partial charge in [-0.25, -0.2) is 4.98 Å². The maximum atomic E-state index is 11.4. The number of carboxylic acids is 1. The van der Waals surface area contributed by atoms with Crippen LogP contribution < -0.4 is 0 Å². The number of benzene rings is 1. The van der Waals surface area contributed by atoms with E-state index < -0.39 is 11.9 Å². The van der Waals surface area contributed by atoms with Gasteiger partial charge in [0.05, 0.1) is 5.92 Å². The molecule has 1 aromatic carbocycles. The standard InChI is InChI=1S/C15H13BrClNO2/c16-13-3-1-2-10(8-13)6-12(15(19)20)7-11-4-5-18-14(17)9-11/h1-5,8-9,12H,6-7H2,(H,19,20). The second-order valence-electron chi connectivity index (χ2n) is 4.56. The highest BCUT2D eigenvalue weighted by Crippen LogP contribution is 2.19. The van der Waals surface area contributed by atoms with E-state index in [1.54, 1.807) is 18.3 Å². The first kappa shape index (κ1) is 15.0. The molecule has 1 N–H and O–H groups in total. The summed E-state index contributed by atoms with van der Waals surface area (Å²) in [6.07, 6.45) is 2.51. The molecule has 0 spiro atoms. The van der Waals surface area contributed by atoms with E-state index >= 15 is 0 Å². The lowest BCUT2D eigenvalue weighted by Gasteiger charge is -2.13. The number of hydrogen-bond acceptors (Lipinski definition) is 2. The number of hydrogen-bond donors (Lipinski definition) is 1. The molecule has 3 nitrogen and oxygen atoms in total. The third kappa shape index (κ3) is 4.32. The minimum atomic E-state index is -0.807. The highest BCUT2D eigenvalue weighted by Gasteiger charge is 2.19. The van der Waals surface area contributed by atoms with Gasteiger partial charge in [0.15, 0.2) is 0 Å². The smallest absolute Gasteiger partial charge is 0.307 e. The molecule has 1 unspecified atom stereocenters. The Morgan fingerprint density at radius 2 is 1.95 bits per heavy atom. The van der Waals surface area contributed by atoms with Crippen LogP contribution in [0.3, 0.4) is 0 Å². The number of carbonyl (C=O) groups is 1. The number of aromatic nitrogens is 1. The van der Waals surface area contributed by atoms with Gasteiger partial charge < -0.3 is 5.11 Å². The second kappa shape index (κ2) is 6.86. The molecule has 104 valence electrons. The molecule has 0 amide bonds. The van der Waals surface area contributed by atoms with Crippen LogP contribution in [0.4, 0.5) is 0 Å². The van der Waals surface area contributed by atoms with Gasteiger partial charge in [0.1, 0.15) is 5.15 Å². The fraction of sp³-hybridized carbons (Fsp3) is 0.200. The Kier molecular flexibility index (Phi) is 5.15. The van der Waals surface area contributed by atoms with Gasteiger partial charge in [-0.1, -0.05) is 39.7 Å². The normalized spacial score (nSPS) is 12.1. The van der Waals surface area contributed by atoms with Crippen molar-refractivity contribution < 1.29 is 9.90 Å². The van der Waals surface area contributed by atoms with Gasteiger partial charge in [0, 0.05) is 10.7 Å². The molecule has 0 bridgehead atoms. The molecule has 5 heteroatoms. The van der Waals surface area contributed by atoms with Crippen LogP contribution in [0.2, 0.25) is 5.15 Å². The zero-order chi connectivity index (χ0) is 14.5. The predicted molar refractivity (Wildman–Crippen MR) is 81.9 cm³/mol. The monoisotopic (exact) mass is 353 g/mol. The van der Waals surface area contributed by atoms with Gasteiger partial charge in [0.25, 0.3) is 0 Å². The molecule has 0 radical (unpaired) electrons. The number of carboxylic acid groups (broad SMARTS) is 1. The molecule has 0 saturated heterocycles. The summed E-state index contributed by atoms with van der Waals surface area (Å²) in [4.78, 5) is 15.3. The molecule has 0 aliphatic heterocycles. The number of rotatable bonds is 5. The van der Waals surface area contributed by atoms with Crippen LogP contribution in [0, 0.1) is 5.92 Å². The molecule has 1 heterocycles. The Morgan fingerprint density at radius 1 is 1.25 bits per heavy atom. The number of aliphatic carboxylic acids is 1. The molecule has 2 rings (SSSR count). The van der Waals surface area contributed by atoms with E-state index in [1.165, 1.54) is 0 Å². The summed E-state index contributed by atoms with van der Waals surface area (Å²) in [5, 5.41) is 9.76. The Morgan fingerprint density at radius 3 is 2.55 bits per heavy atom. The first-order valence-electron chi connectivity index (χ1n) is 6.12. The van der Waals surface area contributed by atoms with Gasteiger partial charge in [-0.3, -0.25) is 4.79 Å². The van der Waals surface area contributed by atoms with Crippen molar-refractivity contribution >= 4 is 33.5 Å². The first-order valence-corrected chi connectivity index (χ1v) is 7.29. The molecule has 2 aromatic rings. The lowest BCUT2D eigenvalue weighted by Crippen LogP contribution is -2.19. The maximum absolute atomic E-state index is 11.4. The van der Waals surface area contributed by atoms with Crippen LogP contribution in [-0.4, -0.2) is 16.1 Å². The SMILES string of the molecule is O=C(O)C(Cc1cccc(Br)c1)Cc1ccnc(Cl)c1. The van der Waals surface area contributed by atoms with Crippen LogP contribution in [0.15, 0.2) is 47.1 Å². The van der Waals surface area contributed by atoms with E-state index in [2.05, 4.69) is 20.9 Å². The Bertz CT molecular complexity index is 571. The summed E-state index contributed by atoms with van der Waals surface area (Å²) in [5.74, 6) is -1.29. The third-order valence-electron chi connectivity index (χ3n) is 2.99. The topological polar surface area (TPSA) is 50.2 Å². The van der Waals surface area contributed by atoms with Crippen molar-refractivity contribution in [3.63, 3.8) is 0 Å². The van der Waals surface area contributed by atoms with Crippen LogP contribution in [0.5, 0.6) is 0 Å². The van der Waals surface area contributed by atoms with E-state index in [1.807, 2.05) is 24.3 Å². The van der Waals surface area contributed by atoms with Gasteiger partial charge in [-0.2, -0.15) is 0 Å². The van der Waals surface area contributed by atoms with Crippen molar-refractivity contribution in [1.29, 1.82) is 0 Å². The fourth-order valence-electron chi connectivity index (χ4n) is 2.05. The second-order valence-corrected chi connectivity index (χ2v) is 5.86. The third-order valence-corrected chi connectivity index (χ3v) is 3.69. The average molecular weight is 355 g/mol. The lowest BCUT2D eigenvalue weighted by molar-refractivity contribution is -0.141. The van der Waals surface area contributed by atoms with E-state index in [0.717, 1.165) is 15.6 Å². The number of nitrogens with zero attached hydrogens (tertiary/aromatic N) is 1. The Labute approximate surface area is 130 Å². The minimum Gasteiger partial charge on any atom is -0.481 e. The van der Waals surface area contributed by atoms with E-state index in [9.17, 15) is 9.90 Å². The van der Waals surface area contributed by atoms with Crippen molar-refractivity contribution in [1.82, 2.24) is 4.98 Å². The van der Waals surface area contributed by atoms with Crippen LogP contribution >= 0.6 is 27.5 Å². The zero-order valence-electron chi connectivity index (χ0n) is 10.6. The average Bonchev–Trinajstić information content (AvgIpc) is 2.38. The molecular formula is C15H13BrClNO2. The quantitative estimate of drug-likeness (QED) is 0.826. The maximum Gasteiger partial charge on any atom is 0.307 e. The van der Waals surface area contributed by atoms with Gasteiger partial charge in [-0.15, -0.1) is 0 Å². The summed E-state index contributed by atoms with van der Waals surface area (Å²) in [6.45, 7) is 0. The van der Waals surface area contributed by atoms with Crippen LogP contribution in [0.1, 0.15) is 11.1 Å². The molecule has 0 aliphatic carbocycles. The van der Waals surface area contributed by atoms with Crippen molar-refractivity contribution in [2.45, 2.75) is 12.8 Å². The van der Waals surface area contributed by atoms with Crippen molar-refractivity contribution in [3.8, 4) is 0 Å². The summed E-state index contributed by atoms with van der Waals surface area (Å²) >= 11 is 9.22. The number of pyridine rings is 1. The molecule has 0 fully saturated rings. The van der Waals surface area contributed by atoms with Gasteiger partial charge in [0.2, 0.25) is 0 Å². The fourth-order valence-corrected chi connectivity index (χ4v) is 2.69. The highest BCUT2D eigenvalue weighted by atomic mass is 79.9. The van der Waals surface area contributed by atoms with Crippen molar-refractivity contribution in [3.05, 3.63) is 63.3 Å². The van der Waals surface area contributed by atoms with Crippen molar-refractivity contribution in [2.24, 2.45) is 5.92 Å². The molecule has 20 heavy (non-hydrogen) atoms. The van der Waals surface area contributed by atoms with Crippen molar-refractivity contribution in [2.75, 3.05) is 0 Å². The molecule has 1 atom stereocenters. The number of halogens is 2. The zero-order valence-corrected chi connectivity index (χ0v) is 12.9. The molecular weight excluding hydrogens is 342 g/mol. The lowest BCUT2D eigenvalue weighted by atomic mass is 9.93. The van der Waals surface area contributed by atoms with E-state index in [0.29, 0.717) is 18.0 Å². The Hall–Kier alpha value is -1.39. The summed E-state index contributed by atoms with van der Waals surface area (Å²) < 4.78 is 0.950. The van der Waals surface area contributed by atoms with E-state index in [-0.39, 0.29) is 0 Å². The van der Waals surface area contributed by atoms with Gasteiger partial charge in [-0.05, 0) is 48.2 Å². The predicted octanol–water partition coefficient (Wildman–Crippen LogP) is 3.98. The summed E-state index contributed by atoms with van der Waals surface area (Å²) in [7, 11) is 0. The highest BCUT2D eigenvalue weighted by molar-refractivity contribution is 9.10. The summed E-state index contributed by atoms with van der Waals surface area (Å²) in [6, 6.07) is 11.2. The van der Waals surface area contributed by atoms with Crippen LogP contribution in [0.25, 0.3) is 0 Å². The van der Waals surface area contributed by atoms with E-state index in [4.69, 9.17) is 11.6 Å². The first-order chi connectivity index (χ1) is 9.54. The molecule has 0 aliphatic rings. The van der Waals surface area contributed by atoms with Crippen LogP contribution in [-0.2, 0) is 17.6 Å². The minimum absolute atomic E-state index is 0.383. The largest absolute Gasteiger partial charge is 0.481 e.